The van der Waals surface area contributed by atoms with Crippen molar-refractivity contribution < 1.29 is 31.1 Å². The van der Waals surface area contributed by atoms with Gasteiger partial charge >= 0.3 is 12.3 Å². The molecule has 0 radical (unpaired) electrons. The van der Waals surface area contributed by atoms with Gasteiger partial charge in [-0.25, -0.2) is 17.5 Å². The van der Waals surface area contributed by atoms with Crippen LogP contribution < -0.4 is 0 Å². The van der Waals surface area contributed by atoms with Crippen molar-refractivity contribution in [2.75, 3.05) is 13.7 Å². The second kappa shape index (κ2) is 5.65. The van der Waals surface area contributed by atoms with Gasteiger partial charge in [0.25, 0.3) is 10.0 Å². The van der Waals surface area contributed by atoms with E-state index in [0.29, 0.717) is 12.3 Å². The highest BCUT2D eigenvalue weighted by Crippen LogP contribution is 2.34. The van der Waals surface area contributed by atoms with Gasteiger partial charge in [0, 0.05) is 18.9 Å². The average Bonchev–Trinajstić information content (AvgIpc) is 2.38. The van der Waals surface area contributed by atoms with Crippen LogP contribution in [0.25, 0.3) is 0 Å². The fraction of sp³-hybridized carbons (Fsp3) is 0.400. The Kier molecular flexibility index (Phi) is 4.58. The summed E-state index contributed by atoms with van der Waals surface area (Å²) in [4.78, 5) is 13.6. The van der Waals surface area contributed by atoms with Gasteiger partial charge in [-0.1, -0.05) is 0 Å². The minimum Gasteiger partial charge on any atom is -0.452 e. The molecular weight excluding hydrogens is 301 g/mol. The van der Waals surface area contributed by atoms with E-state index in [1.165, 1.54) is 6.92 Å². The number of alkyl halides is 3. The minimum atomic E-state index is -4.89. The first kappa shape index (κ1) is 16.2. The molecule has 0 saturated heterocycles. The lowest BCUT2D eigenvalue weighted by Crippen LogP contribution is -2.37. The van der Waals surface area contributed by atoms with Crippen LogP contribution in [0, 0.1) is 0 Å². The highest BCUT2D eigenvalue weighted by Gasteiger charge is 2.40. The summed E-state index contributed by atoms with van der Waals surface area (Å²) in [7, 11) is -3.77. The number of sulfonamides is 1. The van der Waals surface area contributed by atoms with Gasteiger partial charge in [0.15, 0.2) is 0 Å². The molecule has 1 aromatic rings. The van der Waals surface area contributed by atoms with E-state index < -0.39 is 32.8 Å². The SMILES string of the molecule is CCN(C(=O)OC)S(=O)(=O)c1cnccc1C(F)(F)F. The van der Waals surface area contributed by atoms with Crippen molar-refractivity contribution in [1.29, 1.82) is 0 Å². The second-order valence-corrected chi connectivity index (χ2v) is 5.34. The van der Waals surface area contributed by atoms with Crippen molar-refractivity contribution in [3.05, 3.63) is 24.0 Å². The van der Waals surface area contributed by atoms with Crippen molar-refractivity contribution in [3.63, 3.8) is 0 Å². The van der Waals surface area contributed by atoms with Crippen LogP contribution >= 0.6 is 0 Å². The number of ether oxygens (including phenoxy) is 1. The molecule has 0 spiro atoms. The normalized spacial score (nSPS) is 12.1. The molecule has 0 fully saturated rings. The van der Waals surface area contributed by atoms with E-state index in [4.69, 9.17) is 0 Å². The number of nitrogens with zero attached hydrogens (tertiary/aromatic N) is 2. The first-order valence-electron chi connectivity index (χ1n) is 5.28. The fourth-order valence-electron chi connectivity index (χ4n) is 1.44. The molecule has 0 atom stereocenters. The number of carbonyl (C=O) groups is 1. The summed E-state index contributed by atoms with van der Waals surface area (Å²) in [6, 6.07) is 0.526. The molecule has 20 heavy (non-hydrogen) atoms. The number of carbonyl (C=O) groups excluding carboxylic acids is 1. The van der Waals surface area contributed by atoms with Crippen molar-refractivity contribution in [2.45, 2.75) is 18.0 Å². The monoisotopic (exact) mass is 312 g/mol. The van der Waals surface area contributed by atoms with Crippen LogP contribution in [0.2, 0.25) is 0 Å². The molecule has 6 nitrogen and oxygen atoms in total. The third-order valence-corrected chi connectivity index (χ3v) is 4.19. The number of methoxy groups -OCH3 is 1. The zero-order chi connectivity index (χ0) is 15.6. The first-order valence-corrected chi connectivity index (χ1v) is 6.72. The van der Waals surface area contributed by atoms with Crippen molar-refractivity contribution in [3.8, 4) is 0 Å². The Balaban J connectivity index is 3.47. The Morgan fingerprint density at radius 3 is 2.50 bits per heavy atom. The predicted octanol–water partition coefficient (Wildman–Crippen LogP) is 1.88. The largest absolute Gasteiger partial charge is 0.452 e. The molecule has 0 bridgehead atoms. The van der Waals surface area contributed by atoms with Crippen molar-refractivity contribution in [2.24, 2.45) is 0 Å². The van der Waals surface area contributed by atoms with Gasteiger partial charge in [-0.15, -0.1) is 0 Å². The topological polar surface area (TPSA) is 76.6 Å². The molecule has 112 valence electrons. The maximum atomic E-state index is 12.8. The summed E-state index contributed by atoms with van der Waals surface area (Å²) < 4.78 is 67.1. The van der Waals surface area contributed by atoms with Crippen LogP contribution in [0.5, 0.6) is 0 Å². The molecular formula is C10H11F3N2O4S. The third-order valence-electron chi connectivity index (χ3n) is 2.32. The van der Waals surface area contributed by atoms with Crippen LogP contribution in [0.15, 0.2) is 23.4 Å². The highest BCUT2D eigenvalue weighted by molar-refractivity contribution is 7.89. The molecule has 0 saturated carbocycles. The maximum absolute atomic E-state index is 12.8. The molecule has 1 amide bonds. The Bertz CT molecular complexity index is 601. The Hall–Kier alpha value is -1.84. The smallest absolute Gasteiger partial charge is 0.423 e. The maximum Gasteiger partial charge on any atom is 0.423 e. The average molecular weight is 312 g/mol. The second-order valence-electron chi connectivity index (χ2n) is 3.51. The predicted molar refractivity (Wildman–Crippen MR) is 61.2 cm³/mol. The molecule has 0 unspecified atom stereocenters. The summed E-state index contributed by atoms with van der Waals surface area (Å²) in [5.41, 5.74) is -1.39. The van der Waals surface area contributed by atoms with Gasteiger partial charge in [-0.3, -0.25) is 4.98 Å². The fourth-order valence-corrected chi connectivity index (χ4v) is 2.94. The number of pyridine rings is 1. The van der Waals surface area contributed by atoms with E-state index in [9.17, 15) is 26.4 Å². The number of amides is 1. The van der Waals surface area contributed by atoms with Gasteiger partial charge in [0.1, 0.15) is 4.90 Å². The molecule has 0 aliphatic carbocycles. The summed E-state index contributed by atoms with van der Waals surface area (Å²) in [6.45, 7) is 0.916. The van der Waals surface area contributed by atoms with Gasteiger partial charge in [-0.2, -0.15) is 13.2 Å². The highest BCUT2D eigenvalue weighted by atomic mass is 32.2. The van der Waals surface area contributed by atoms with Crippen LogP contribution in [-0.4, -0.2) is 37.5 Å². The number of rotatable bonds is 3. The lowest BCUT2D eigenvalue weighted by atomic mass is 10.3. The minimum absolute atomic E-state index is 0.194. The lowest BCUT2D eigenvalue weighted by Gasteiger charge is -2.21. The van der Waals surface area contributed by atoms with Gasteiger partial charge < -0.3 is 4.74 Å². The van der Waals surface area contributed by atoms with E-state index in [2.05, 4.69) is 9.72 Å². The molecule has 1 rings (SSSR count). The number of hydrogen-bond acceptors (Lipinski definition) is 5. The van der Waals surface area contributed by atoms with Crippen LogP contribution in [0.3, 0.4) is 0 Å². The Morgan fingerprint density at radius 2 is 2.05 bits per heavy atom. The van der Waals surface area contributed by atoms with Crippen LogP contribution in [0.1, 0.15) is 12.5 Å². The molecule has 0 N–H and O–H groups in total. The van der Waals surface area contributed by atoms with E-state index in [1.807, 2.05) is 0 Å². The van der Waals surface area contributed by atoms with Gasteiger partial charge in [0.2, 0.25) is 0 Å². The van der Waals surface area contributed by atoms with Crippen LogP contribution in [0.4, 0.5) is 18.0 Å². The molecule has 0 aromatic carbocycles. The number of hydrogen-bond donors (Lipinski definition) is 0. The molecule has 1 aromatic heterocycles. The molecule has 0 aliphatic rings. The molecule has 1 heterocycles. The van der Waals surface area contributed by atoms with E-state index in [-0.39, 0.29) is 10.8 Å². The number of halogens is 3. The number of aromatic nitrogens is 1. The van der Waals surface area contributed by atoms with E-state index in [1.54, 1.807) is 0 Å². The van der Waals surface area contributed by atoms with E-state index in [0.717, 1.165) is 13.3 Å². The van der Waals surface area contributed by atoms with Gasteiger partial charge in [-0.05, 0) is 13.0 Å². The summed E-state index contributed by atoms with van der Waals surface area (Å²) in [6.07, 6.45) is -4.80. The zero-order valence-electron chi connectivity index (χ0n) is 10.5. The summed E-state index contributed by atoms with van der Waals surface area (Å²) in [5, 5.41) is 0. The van der Waals surface area contributed by atoms with Crippen molar-refractivity contribution in [1.82, 2.24) is 9.29 Å². The third kappa shape index (κ3) is 3.00. The Morgan fingerprint density at radius 1 is 1.45 bits per heavy atom. The Labute approximate surface area is 113 Å². The first-order chi connectivity index (χ1) is 9.16. The standard InChI is InChI=1S/C10H11F3N2O4S/c1-3-15(9(16)19-2)20(17,18)8-6-14-5-4-7(8)10(11,12)13/h4-6H,3H2,1-2H3. The molecule has 0 aliphatic heterocycles. The van der Waals surface area contributed by atoms with Crippen molar-refractivity contribution >= 4 is 16.1 Å². The lowest BCUT2D eigenvalue weighted by molar-refractivity contribution is -0.140. The summed E-state index contributed by atoms with van der Waals surface area (Å²) >= 11 is 0. The zero-order valence-corrected chi connectivity index (χ0v) is 11.3. The van der Waals surface area contributed by atoms with Gasteiger partial charge in [0.05, 0.1) is 12.7 Å². The molecule has 10 heteroatoms. The summed E-state index contributed by atoms with van der Waals surface area (Å²) in [5.74, 6) is 0. The quantitative estimate of drug-likeness (QED) is 0.851. The van der Waals surface area contributed by atoms with E-state index >= 15 is 0 Å². The van der Waals surface area contributed by atoms with Crippen LogP contribution in [-0.2, 0) is 20.9 Å².